The van der Waals surface area contributed by atoms with Gasteiger partial charge in [0.15, 0.2) is 0 Å². The maximum absolute atomic E-state index is 14.5. The average molecular weight is 433 g/mol. The Morgan fingerprint density at radius 3 is 2.81 bits per heavy atom. The summed E-state index contributed by atoms with van der Waals surface area (Å²) >= 11 is 0. The van der Waals surface area contributed by atoms with Gasteiger partial charge in [-0.05, 0) is 42.8 Å². The molecule has 2 aromatic carbocycles. The first kappa shape index (κ1) is 20.4. The van der Waals surface area contributed by atoms with Crippen LogP contribution in [-0.2, 0) is 13.1 Å². The van der Waals surface area contributed by atoms with Crippen molar-refractivity contribution in [3.63, 3.8) is 0 Å². The van der Waals surface area contributed by atoms with E-state index in [-0.39, 0.29) is 17.9 Å². The van der Waals surface area contributed by atoms with Crippen molar-refractivity contribution in [2.45, 2.75) is 32.0 Å². The van der Waals surface area contributed by atoms with Crippen molar-refractivity contribution in [2.24, 2.45) is 0 Å². The number of rotatable bonds is 5. The van der Waals surface area contributed by atoms with Gasteiger partial charge in [0.05, 0.1) is 17.5 Å². The second-order valence-corrected chi connectivity index (χ2v) is 8.05. The SMILES string of the molecule is CCn1ncnc1C1C2=CCNC(=O)c3cc(F)cc(c32)NC1c1ccc(CNC)cc1. The van der Waals surface area contributed by atoms with Crippen molar-refractivity contribution in [1.82, 2.24) is 25.4 Å². The van der Waals surface area contributed by atoms with E-state index in [2.05, 4.69) is 50.3 Å². The molecule has 0 bridgehead atoms. The molecule has 2 aliphatic rings. The van der Waals surface area contributed by atoms with Crippen LogP contribution in [0, 0.1) is 5.82 Å². The van der Waals surface area contributed by atoms with Gasteiger partial charge in [-0.25, -0.2) is 14.1 Å². The standard InChI is InChI=1S/C24H25FN6O/c1-3-31-23(28-13-29-31)21-17-8-9-27-24(32)18-10-16(25)11-19(20(17)18)30-22(21)15-6-4-14(5-7-15)12-26-2/h4-8,10-11,13,21-22,26,30H,3,9,12H2,1-2H3,(H,27,32). The quantitative estimate of drug-likeness (QED) is 0.577. The summed E-state index contributed by atoms with van der Waals surface area (Å²) in [5, 5.41) is 13.9. The van der Waals surface area contributed by atoms with Gasteiger partial charge in [-0.1, -0.05) is 30.3 Å². The van der Waals surface area contributed by atoms with Gasteiger partial charge in [0, 0.05) is 30.9 Å². The topological polar surface area (TPSA) is 83.9 Å². The highest BCUT2D eigenvalue weighted by Gasteiger charge is 2.40. The number of aryl methyl sites for hydroxylation is 1. The summed E-state index contributed by atoms with van der Waals surface area (Å²) in [6.07, 6.45) is 3.58. The van der Waals surface area contributed by atoms with Gasteiger partial charge in [-0.3, -0.25) is 4.79 Å². The molecule has 0 aliphatic carbocycles. The van der Waals surface area contributed by atoms with Crippen LogP contribution in [0.3, 0.4) is 0 Å². The Labute approximate surface area is 185 Å². The molecule has 0 saturated heterocycles. The second-order valence-electron chi connectivity index (χ2n) is 8.05. The molecular formula is C24H25FN6O. The van der Waals surface area contributed by atoms with Crippen LogP contribution in [0.25, 0.3) is 5.57 Å². The van der Waals surface area contributed by atoms with Crippen molar-refractivity contribution in [3.05, 3.63) is 82.7 Å². The minimum absolute atomic E-state index is 0.197. The van der Waals surface area contributed by atoms with Crippen LogP contribution >= 0.6 is 0 Å². The van der Waals surface area contributed by atoms with Gasteiger partial charge in [-0.2, -0.15) is 5.10 Å². The van der Waals surface area contributed by atoms with Gasteiger partial charge >= 0.3 is 0 Å². The Morgan fingerprint density at radius 1 is 1.25 bits per heavy atom. The molecule has 1 amide bonds. The number of nitrogens with zero attached hydrogens (tertiary/aromatic N) is 3. The van der Waals surface area contributed by atoms with Crippen molar-refractivity contribution in [3.8, 4) is 0 Å². The predicted octanol–water partition coefficient (Wildman–Crippen LogP) is 3.23. The summed E-state index contributed by atoms with van der Waals surface area (Å²) in [5.74, 6) is -0.108. The Morgan fingerprint density at radius 2 is 2.06 bits per heavy atom. The zero-order valence-corrected chi connectivity index (χ0v) is 18.0. The lowest BCUT2D eigenvalue weighted by Gasteiger charge is -2.37. The Hall–Kier alpha value is -3.52. The molecule has 0 saturated carbocycles. The maximum atomic E-state index is 14.5. The molecule has 164 valence electrons. The number of carbonyl (C=O) groups is 1. The molecule has 3 aromatic rings. The normalized spacial score (nSPS) is 19.5. The van der Waals surface area contributed by atoms with Gasteiger partial charge in [0.2, 0.25) is 0 Å². The van der Waals surface area contributed by atoms with Crippen LogP contribution < -0.4 is 16.0 Å². The number of benzene rings is 2. The number of carbonyl (C=O) groups excluding carboxylic acids is 1. The van der Waals surface area contributed by atoms with Crippen LogP contribution in [0.5, 0.6) is 0 Å². The van der Waals surface area contributed by atoms with Crippen molar-refractivity contribution in [1.29, 1.82) is 0 Å². The average Bonchev–Trinajstić information content (AvgIpc) is 3.20. The highest BCUT2D eigenvalue weighted by Crippen LogP contribution is 2.50. The maximum Gasteiger partial charge on any atom is 0.252 e. The number of hydrogen-bond acceptors (Lipinski definition) is 5. The number of nitrogens with one attached hydrogen (secondary N) is 3. The van der Waals surface area contributed by atoms with Crippen LogP contribution in [0.15, 0.2) is 48.8 Å². The lowest BCUT2D eigenvalue weighted by atomic mass is 9.77. The van der Waals surface area contributed by atoms with E-state index in [1.807, 2.05) is 24.7 Å². The first-order chi connectivity index (χ1) is 15.6. The molecular weight excluding hydrogens is 407 g/mol. The number of hydrogen-bond donors (Lipinski definition) is 3. The number of anilines is 1. The zero-order chi connectivity index (χ0) is 22.2. The number of halogens is 1. The van der Waals surface area contributed by atoms with Crippen LogP contribution in [0.4, 0.5) is 10.1 Å². The third-order valence-electron chi connectivity index (χ3n) is 6.14. The molecule has 8 heteroatoms. The van der Waals surface area contributed by atoms with E-state index in [4.69, 9.17) is 0 Å². The van der Waals surface area contributed by atoms with E-state index < -0.39 is 5.82 Å². The number of aromatic nitrogens is 3. The predicted molar refractivity (Wildman–Crippen MR) is 121 cm³/mol. The van der Waals surface area contributed by atoms with Crippen LogP contribution in [-0.4, -0.2) is 34.3 Å². The Balaban J connectivity index is 1.71. The van der Waals surface area contributed by atoms with Gasteiger partial charge in [0.25, 0.3) is 5.91 Å². The van der Waals surface area contributed by atoms with E-state index in [1.165, 1.54) is 17.7 Å². The minimum Gasteiger partial charge on any atom is -0.377 e. The van der Waals surface area contributed by atoms with Crippen molar-refractivity contribution in [2.75, 3.05) is 18.9 Å². The summed E-state index contributed by atoms with van der Waals surface area (Å²) in [7, 11) is 1.92. The van der Waals surface area contributed by atoms with Gasteiger partial charge in [0.1, 0.15) is 18.0 Å². The molecule has 0 spiro atoms. The Kier molecular flexibility index (Phi) is 5.22. The van der Waals surface area contributed by atoms with Gasteiger partial charge < -0.3 is 16.0 Å². The lowest BCUT2D eigenvalue weighted by molar-refractivity contribution is 0.0958. The zero-order valence-electron chi connectivity index (χ0n) is 18.0. The van der Waals surface area contributed by atoms with E-state index in [1.54, 1.807) is 6.33 Å². The van der Waals surface area contributed by atoms with Crippen molar-refractivity contribution >= 4 is 17.2 Å². The second kappa shape index (κ2) is 8.20. The summed E-state index contributed by atoms with van der Waals surface area (Å²) < 4.78 is 16.4. The van der Waals surface area contributed by atoms with E-state index >= 15 is 0 Å². The summed E-state index contributed by atoms with van der Waals surface area (Å²) in [6.45, 7) is 3.85. The molecule has 0 fully saturated rings. The molecule has 3 N–H and O–H groups in total. The van der Waals surface area contributed by atoms with Crippen molar-refractivity contribution < 1.29 is 9.18 Å². The molecule has 5 rings (SSSR count). The summed E-state index contributed by atoms with van der Waals surface area (Å²) in [4.78, 5) is 17.3. The molecule has 2 atom stereocenters. The molecule has 7 nitrogen and oxygen atoms in total. The fourth-order valence-electron chi connectivity index (χ4n) is 4.74. The molecule has 1 aromatic heterocycles. The highest BCUT2D eigenvalue weighted by molar-refractivity contribution is 6.04. The van der Waals surface area contributed by atoms with Gasteiger partial charge in [-0.15, -0.1) is 0 Å². The number of amides is 1. The molecule has 2 aliphatic heterocycles. The monoisotopic (exact) mass is 432 g/mol. The molecule has 2 unspecified atom stereocenters. The smallest absolute Gasteiger partial charge is 0.252 e. The summed E-state index contributed by atoms with van der Waals surface area (Å²) in [5.41, 5.74) is 4.89. The fourth-order valence-corrected chi connectivity index (χ4v) is 4.74. The van der Waals surface area contributed by atoms with Crippen LogP contribution in [0.2, 0.25) is 0 Å². The Bertz CT molecular complexity index is 1200. The largest absolute Gasteiger partial charge is 0.377 e. The first-order valence-corrected chi connectivity index (χ1v) is 10.8. The van der Waals surface area contributed by atoms with Crippen LogP contribution in [0.1, 0.15) is 51.8 Å². The third-order valence-corrected chi connectivity index (χ3v) is 6.14. The highest BCUT2D eigenvalue weighted by atomic mass is 19.1. The lowest BCUT2D eigenvalue weighted by Crippen LogP contribution is -2.29. The summed E-state index contributed by atoms with van der Waals surface area (Å²) in [6, 6.07) is 10.9. The van der Waals surface area contributed by atoms with E-state index in [0.717, 1.165) is 29.1 Å². The molecule has 0 radical (unpaired) electrons. The van der Waals surface area contributed by atoms with E-state index in [9.17, 15) is 9.18 Å². The molecule has 3 heterocycles. The minimum atomic E-state index is -0.444. The third kappa shape index (κ3) is 3.36. The first-order valence-electron chi connectivity index (χ1n) is 10.8. The molecule has 32 heavy (non-hydrogen) atoms. The van der Waals surface area contributed by atoms with E-state index in [0.29, 0.717) is 24.3 Å². The fraction of sp³-hybridized carbons (Fsp3) is 0.292.